The van der Waals surface area contributed by atoms with Crippen molar-refractivity contribution in [2.45, 2.75) is 19.1 Å². The topological polar surface area (TPSA) is 38.2 Å². The summed E-state index contributed by atoms with van der Waals surface area (Å²) in [6.07, 6.45) is 3.66. The van der Waals surface area contributed by atoms with Gasteiger partial charge in [-0.2, -0.15) is 0 Å². The van der Waals surface area contributed by atoms with E-state index in [1.165, 1.54) is 11.3 Å². The first kappa shape index (κ1) is 15.8. The van der Waals surface area contributed by atoms with Gasteiger partial charge in [-0.1, -0.05) is 24.3 Å². The summed E-state index contributed by atoms with van der Waals surface area (Å²) in [5.74, 6) is 1.45. The molecule has 4 heteroatoms. The van der Waals surface area contributed by atoms with Crippen LogP contribution >= 0.6 is 0 Å². The van der Waals surface area contributed by atoms with Crippen molar-refractivity contribution in [3.05, 3.63) is 90.0 Å². The number of ether oxygens (including phenoxy) is 1. The van der Waals surface area contributed by atoms with Gasteiger partial charge in [-0.15, -0.1) is 0 Å². The molecule has 3 heterocycles. The zero-order valence-electron chi connectivity index (χ0n) is 14.1. The maximum atomic E-state index is 5.87. The minimum Gasteiger partial charge on any atom is -0.487 e. The Labute approximate surface area is 148 Å². The van der Waals surface area contributed by atoms with E-state index in [9.17, 15) is 0 Å². The van der Waals surface area contributed by atoms with E-state index in [2.05, 4.69) is 45.2 Å². The fourth-order valence-electron chi connectivity index (χ4n) is 3.14. The van der Waals surface area contributed by atoms with Crippen LogP contribution in [0.15, 0.2) is 73.1 Å². The molecule has 0 bridgehead atoms. The van der Waals surface area contributed by atoms with Crippen LogP contribution in [0.25, 0.3) is 0 Å². The van der Waals surface area contributed by atoms with Crippen LogP contribution in [0.1, 0.15) is 22.9 Å². The van der Waals surface area contributed by atoms with Gasteiger partial charge in [0, 0.05) is 43.6 Å². The largest absolute Gasteiger partial charge is 0.487 e. The molecule has 4 rings (SSSR count). The molecule has 0 spiro atoms. The fourth-order valence-corrected chi connectivity index (χ4v) is 3.14. The molecule has 1 aliphatic rings. The summed E-state index contributed by atoms with van der Waals surface area (Å²) in [6.45, 7) is 3.58. The van der Waals surface area contributed by atoms with E-state index in [4.69, 9.17) is 4.74 Å². The number of hydrogen-bond donors (Lipinski definition) is 0. The number of nitrogens with zero attached hydrogens (tertiary/aromatic N) is 3. The first-order valence-electron chi connectivity index (χ1n) is 8.62. The smallest absolute Gasteiger partial charge is 0.130 e. The van der Waals surface area contributed by atoms with E-state index in [-0.39, 0.29) is 0 Å². The molecular formula is C21H21N3O. The van der Waals surface area contributed by atoms with Gasteiger partial charge in [-0.3, -0.25) is 14.9 Å². The van der Waals surface area contributed by atoms with E-state index >= 15 is 0 Å². The van der Waals surface area contributed by atoms with Crippen molar-refractivity contribution in [1.29, 1.82) is 0 Å². The summed E-state index contributed by atoms with van der Waals surface area (Å²) in [4.78, 5) is 11.2. The summed E-state index contributed by atoms with van der Waals surface area (Å²) in [6, 6.07) is 20.3. The first-order chi connectivity index (χ1) is 12.4. The Morgan fingerprint density at radius 3 is 2.52 bits per heavy atom. The number of hydrogen-bond acceptors (Lipinski definition) is 4. The Morgan fingerprint density at radius 2 is 1.76 bits per heavy atom. The molecule has 0 unspecified atom stereocenters. The summed E-state index contributed by atoms with van der Waals surface area (Å²) >= 11 is 0. The molecule has 25 heavy (non-hydrogen) atoms. The standard InChI is InChI=1S/C21H21N3O/c1-3-10-22-19(7-1)16-25-20-8-5-6-17(12-20)13-24-14-18(15-24)21-9-2-4-11-23-21/h1-12,18H,13-16H2. The van der Waals surface area contributed by atoms with Crippen LogP contribution in [-0.4, -0.2) is 28.0 Å². The van der Waals surface area contributed by atoms with Gasteiger partial charge in [-0.05, 0) is 42.0 Å². The van der Waals surface area contributed by atoms with Crippen molar-refractivity contribution < 1.29 is 4.74 Å². The molecule has 0 radical (unpaired) electrons. The Hall–Kier alpha value is -2.72. The summed E-state index contributed by atoms with van der Waals surface area (Å²) in [5, 5.41) is 0. The molecule has 1 saturated heterocycles. The molecule has 0 N–H and O–H groups in total. The molecule has 1 aromatic carbocycles. The Bertz CT molecular complexity index is 802. The Balaban J connectivity index is 1.30. The van der Waals surface area contributed by atoms with Crippen LogP contribution in [0.3, 0.4) is 0 Å². The lowest BCUT2D eigenvalue weighted by atomic mass is 9.95. The van der Waals surface area contributed by atoms with Gasteiger partial charge in [0.2, 0.25) is 0 Å². The lowest BCUT2D eigenvalue weighted by molar-refractivity contribution is 0.137. The third kappa shape index (κ3) is 4.03. The molecule has 2 aromatic heterocycles. The normalized spacial score (nSPS) is 14.9. The highest BCUT2D eigenvalue weighted by atomic mass is 16.5. The van der Waals surface area contributed by atoms with E-state index in [0.29, 0.717) is 12.5 Å². The number of aromatic nitrogens is 2. The van der Waals surface area contributed by atoms with Crippen molar-refractivity contribution >= 4 is 0 Å². The second kappa shape index (κ2) is 7.45. The van der Waals surface area contributed by atoms with Crippen molar-refractivity contribution in [3.63, 3.8) is 0 Å². The van der Waals surface area contributed by atoms with Crippen LogP contribution in [0, 0.1) is 0 Å². The molecule has 0 aliphatic carbocycles. The minimum atomic E-state index is 0.496. The van der Waals surface area contributed by atoms with E-state index in [1.54, 1.807) is 6.20 Å². The van der Waals surface area contributed by atoms with Crippen molar-refractivity contribution in [1.82, 2.24) is 14.9 Å². The lowest BCUT2D eigenvalue weighted by Gasteiger charge is -2.39. The van der Waals surface area contributed by atoms with Crippen LogP contribution in [0.2, 0.25) is 0 Å². The molecule has 1 aliphatic heterocycles. The predicted molar refractivity (Wildman–Crippen MR) is 97.3 cm³/mol. The van der Waals surface area contributed by atoms with Gasteiger partial charge < -0.3 is 4.74 Å². The zero-order chi connectivity index (χ0) is 16.9. The highest BCUT2D eigenvalue weighted by Crippen LogP contribution is 2.27. The molecule has 0 saturated carbocycles. The highest BCUT2D eigenvalue weighted by Gasteiger charge is 2.28. The second-order valence-electron chi connectivity index (χ2n) is 6.40. The highest BCUT2D eigenvalue weighted by molar-refractivity contribution is 5.29. The number of rotatable bonds is 6. The van der Waals surface area contributed by atoms with E-state index in [0.717, 1.165) is 31.1 Å². The van der Waals surface area contributed by atoms with Crippen molar-refractivity contribution in [2.24, 2.45) is 0 Å². The molecule has 0 amide bonds. The van der Waals surface area contributed by atoms with Gasteiger partial charge in [0.05, 0.1) is 5.69 Å². The molecule has 126 valence electrons. The average Bonchev–Trinajstić information content (AvgIpc) is 2.65. The van der Waals surface area contributed by atoms with Gasteiger partial charge in [-0.25, -0.2) is 0 Å². The Morgan fingerprint density at radius 1 is 0.920 bits per heavy atom. The molecule has 0 atom stereocenters. The minimum absolute atomic E-state index is 0.496. The van der Waals surface area contributed by atoms with Gasteiger partial charge >= 0.3 is 0 Å². The van der Waals surface area contributed by atoms with Crippen molar-refractivity contribution in [2.75, 3.05) is 13.1 Å². The first-order valence-corrected chi connectivity index (χ1v) is 8.62. The summed E-state index contributed by atoms with van der Waals surface area (Å²) in [7, 11) is 0. The SMILES string of the molecule is c1ccc(COc2cccc(CN3CC(c4ccccn4)C3)c2)nc1. The zero-order valence-corrected chi connectivity index (χ0v) is 14.1. The number of benzene rings is 1. The van der Waals surface area contributed by atoms with Crippen LogP contribution in [-0.2, 0) is 13.2 Å². The van der Waals surface area contributed by atoms with E-state index < -0.39 is 0 Å². The second-order valence-corrected chi connectivity index (χ2v) is 6.40. The maximum absolute atomic E-state index is 5.87. The molecule has 1 fully saturated rings. The fraction of sp³-hybridized carbons (Fsp3) is 0.238. The number of likely N-dealkylation sites (tertiary alicyclic amines) is 1. The van der Waals surface area contributed by atoms with Crippen LogP contribution in [0.4, 0.5) is 0 Å². The monoisotopic (exact) mass is 331 g/mol. The maximum Gasteiger partial charge on any atom is 0.130 e. The summed E-state index contributed by atoms with van der Waals surface area (Å²) in [5.41, 5.74) is 3.41. The molecular weight excluding hydrogens is 310 g/mol. The third-order valence-corrected chi connectivity index (χ3v) is 4.48. The van der Waals surface area contributed by atoms with Gasteiger partial charge in [0.25, 0.3) is 0 Å². The lowest BCUT2D eigenvalue weighted by Crippen LogP contribution is -2.44. The van der Waals surface area contributed by atoms with Crippen LogP contribution < -0.4 is 4.74 Å². The van der Waals surface area contributed by atoms with Gasteiger partial charge in [0.1, 0.15) is 12.4 Å². The number of pyridine rings is 2. The quantitative estimate of drug-likeness (QED) is 0.691. The molecule has 3 aromatic rings. The van der Waals surface area contributed by atoms with E-state index in [1.807, 2.05) is 36.5 Å². The van der Waals surface area contributed by atoms with Gasteiger partial charge in [0.15, 0.2) is 0 Å². The van der Waals surface area contributed by atoms with Crippen LogP contribution in [0.5, 0.6) is 5.75 Å². The van der Waals surface area contributed by atoms with Crippen molar-refractivity contribution in [3.8, 4) is 5.75 Å². The third-order valence-electron chi connectivity index (χ3n) is 4.48. The predicted octanol–water partition coefficient (Wildman–Crippen LogP) is 3.66. The molecule has 4 nitrogen and oxygen atoms in total. The average molecular weight is 331 g/mol. The Kier molecular flexibility index (Phi) is 4.70. The summed E-state index contributed by atoms with van der Waals surface area (Å²) < 4.78 is 5.87.